The summed E-state index contributed by atoms with van der Waals surface area (Å²) < 4.78 is 27.1. The molecular formula is C14H18BrF2N. The van der Waals surface area contributed by atoms with Crippen LogP contribution in [0.1, 0.15) is 32.6 Å². The zero-order valence-electron chi connectivity index (χ0n) is 10.5. The molecule has 0 aromatic heterocycles. The fraction of sp³-hybridized carbons (Fsp3) is 0.571. The van der Waals surface area contributed by atoms with Gasteiger partial charge < -0.3 is 5.32 Å². The van der Waals surface area contributed by atoms with Crippen molar-refractivity contribution in [3.05, 3.63) is 28.2 Å². The highest BCUT2D eigenvalue weighted by Crippen LogP contribution is 2.29. The third-order valence-electron chi connectivity index (χ3n) is 3.73. The Morgan fingerprint density at radius 2 is 1.83 bits per heavy atom. The van der Waals surface area contributed by atoms with Crippen LogP contribution < -0.4 is 5.32 Å². The first kappa shape index (κ1) is 13.8. The fourth-order valence-corrected chi connectivity index (χ4v) is 2.76. The van der Waals surface area contributed by atoms with Crippen molar-refractivity contribution < 1.29 is 8.78 Å². The first-order chi connectivity index (χ1) is 8.56. The fourth-order valence-electron chi connectivity index (χ4n) is 2.45. The Morgan fingerprint density at radius 3 is 2.50 bits per heavy atom. The van der Waals surface area contributed by atoms with Crippen molar-refractivity contribution >= 4 is 21.6 Å². The molecule has 0 aliphatic heterocycles. The topological polar surface area (TPSA) is 12.0 Å². The molecule has 0 atom stereocenters. The van der Waals surface area contributed by atoms with Crippen molar-refractivity contribution in [2.24, 2.45) is 11.8 Å². The van der Waals surface area contributed by atoms with E-state index in [9.17, 15) is 8.78 Å². The number of benzene rings is 1. The number of hydrogen-bond acceptors (Lipinski definition) is 1. The number of rotatable bonds is 3. The third-order valence-corrected chi connectivity index (χ3v) is 4.33. The minimum Gasteiger partial charge on any atom is -0.382 e. The predicted octanol–water partition coefficient (Wildman–Crippen LogP) is 4.97. The van der Waals surface area contributed by atoms with E-state index in [0.717, 1.165) is 12.5 Å². The van der Waals surface area contributed by atoms with E-state index in [1.165, 1.54) is 37.8 Å². The normalized spacial score (nSPS) is 24.0. The lowest BCUT2D eigenvalue weighted by molar-refractivity contribution is 0.300. The maximum Gasteiger partial charge on any atom is 0.147 e. The lowest BCUT2D eigenvalue weighted by Crippen LogP contribution is -2.20. The van der Waals surface area contributed by atoms with Crippen LogP contribution in [0.3, 0.4) is 0 Å². The molecule has 0 radical (unpaired) electrons. The van der Waals surface area contributed by atoms with Gasteiger partial charge in [-0.1, -0.05) is 19.8 Å². The van der Waals surface area contributed by atoms with Crippen molar-refractivity contribution in [3.63, 3.8) is 0 Å². The van der Waals surface area contributed by atoms with Gasteiger partial charge in [-0.15, -0.1) is 0 Å². The van der Waals surface area contributed by atoms with E-state index < -0.39 is 11.6 Å². The average Bonchev–Trinajstić information content (AvgIpc) is 2.34. The number of anilines is 1. The van der Waals surface area contributed by atoms with Crippen molar-refractivity contribution in [2.45, 2.75) is 32.6 Å². The molecule has 0 unspecified atom stereocenters. The van der Waals surface area contributed by atoms with Crippen LogP contribution in [0.15, 0.2) is 16.6 Å². The van der Waals surface area contributed by atoms with Crippen LogP contribution in [0.4, 0.5) is 14.5 Å². The molecule has 100 valence electrons. The van der Waals surface area contributed by atoms with Crippen LogP contribution in [0.2, 0.25) is 0 Å². The zero-order valence-corrected chi connectivity index (χ0v) is 12.1. The highest BCUT2D eigenvalue weighted by atomic mass is 79.9. The Kier molecular flexibility index (Phi) is 4.60. The second-order valence-electron chi connectivity index (χ2n) is 5.25. The van der Waals surface area contributed by atoms with Gasteiger partial charge >= 0.3 is 0 Å². The molecule has 1 fully saturated rings. The molecular weight excluding hydrogens is 300 g/mol. The molecule has 1 aliphatic carbocycles. The number of hydrogen-bond donors (Lipinski definition) is 1. The number of halogens is 3. The smallest absolute Gasteiger partial charge is 0.147 e. The van der Waals surface area contributed by atoms with E-state index in [1.807, 2.05) is 0 Å². The van der Waals surface area contributed by atoms with Gasteiger partial charge in [-0.3, -0.25) is 0 Å². The van der Waals surface area contributed by atoms with Crippen LogP contribution in [-0.2, 0) is 0 Å². The summed E-state index contributed by atoms with van der Waals surface area (Å²) in [5.74, 6) is 0.541. The molecule has 1 saturated carbocycles. The summed E-state index contributed by atoms with van der Waals surface area (Å²) in [6.07, 6.45) is 4.83. The molecule has 0 spiro atoms. The zero-order chi connectivity index (χ0) is 13.1. The standard InChI is InChI=1S/C14H18BrF2N/c1-9-2-4-10(5-3-9)8-18-14-7-12(16)11(15)6-13(14)17/h6-7,9-10,18H,2-5,8H2,1H3. The summed E-state index contributed by atoms with van der Waals surface area (Å²) in [5, 5.41) is 3.03. The summed E-state index contributed by atoms with van der Waals surface area (Å²) in [4.78, 5) is 0. The molecule has 2 rings (SSSR count). The summed E-state index contributed by atoms with van der Waals surface area (Å²) in [7, 11) is 0. The molecule has 1 aromatic rings. The molecule has 4 heteroatoms. The van der Waals surface area contributed by atoms with Gasteiger partial charge in [-0.05, 0) is 46.7 Å². The summed E-state index contributed by atoms with van der Waals surface area (Å²) in [6, 6.07) is 2.38. The van der Waals surface area contributed by atoms with Crippen LogP contribution in [0, 0.1) is 23.5 Å². The Morgan fingerprint density at radius 1 is 1.17 bits per heavy atom. The van der Waals surface area contributed by atoms with Gasteiger partial charge in [0.25, 0.3) is 0 Å². The number of nitrogens with one attached hydrogen (secondary N) is 1. The van der Waals surface area contributed by atoms with E-state index in [4.69, 9.17) is 0 Å². The molecule has 0 heterocycles. The maximum atomic E-state index is 13.6. The molecule has 18 heavy (non-hydrogen) atoms. The highest BCUT2D eigenvalue weighted by Gasteiger charge is 2.18. The molecule has 1 aliphatic rings. The third kappa shape index (κ3) is 3.44. The summed E-state index contributed by atoms with van der Waals surface area (Å²) in [5.41, 5.74) is 0.259. The second-order valence-corrected chi connectivity index (χ2v) is 6.11. The van der Waals surface area contributed by atoms with E-state index in [2.05, 4.69) is 28.2 Å². The quantitative estimate of drug-likeness (QED) is 0.776. The monoisotopic (exact) mass is 317 g/mol. The lowest BCUT2D eigenvalue weighted by atomic mass is 9.83. The van der Waals surface area contributed by atoms with Gasteiger partial charge in [0.2, 0.25) is 0 Å². The van der Waals surface area contributed by atoms with Crippen molar-refractivity contribution in [2.75, 3.05) is 11.9 Å². The predicted molar refractivity (Wildman–Crippen MR) is 73.7 cm³/mol. The maximum absolute atomic E-state index is 13.6. The molecule has 0 bridgehead atoms. The highest BCUT2D eigenvalue weighted by molar-refractivity contribution is 9.10. The Balaban J connectivity index is 1.92. The van der Waals surface area contributed by atoms with Gasteiger partial charge in [0, 0.05) is 12.6 Å². The largest absolute Gasteiger partial charge is 0.382 e. The average molecular weight is 318 g/mol. The van der Waals surface area contributed by atoms with Crippen molar-refractivity contribution in [1.29, 1.82) is 0 Å². The van der Waals surface area contributed by atoms with Crippen LogP contribution >= 0.6 is 15.9 Å². The minimum absolute atomic E-state index is 0.164. The Labute approximate surface area is 115 Å². The van der Waals surface area contributed by atoms with Gasteiger partial charge in [0.1, 0.15) is 11.6 Å². The first-order valence-electron chi connectivity index (χ1n) is 6.44. The van der Waals surface area contributed by atoms with E-state index in [0.29, 0.717) is 5.92 Å². The first-order valence-corrected chi connectivity index (χ1v) is 7.24. The molecule has 1 nitrogen and oxygen atoms in total. The lowest BCUT2D eigenvalue weighted by Gasteiger charge is -2.26. The minimum atomic E-state index is -0.434. The molecule has 1 N–H and O–H groups in total. The summed E-state index contributed by atoms with van der Waals surface area (Å²) >= 11 is 2.97. The van der Waals surface area contributed by atoms with Crippen molar-refractivity contribution in [1.82, 2.24) is 0 Å². The van der Waals surface area contributed by atoms with Crippen LogP contribution in [0.25, 0.3) is 0 Å². The van der Waals surface area contributed by atoms with E-state index >= 15 is 0 Å². The van der Waals surface area contributed by atoms with E-state index in [1.54, 1.807) is 0 Å². The van der Waals surface area contributed by atoms with Crippen LogP contribution in [0.5, 0.6) is 0 Å². The van der Waals surface area contributed by atoms with Gasteiger partial charge in [0.05, 0.1) is 10.2 Å². The Bertz CT molecular complexity index is 415. The van der Waals surface area contributed by atoms with Crippen LogP contribution in [-0.4, -0.2) is 6.54 Å². The second kappa shape index (κ2) is 6.00. The molecule has 1 aromatic carbocycles. The molecule has 0 saturated heterocycles. The van der Waals surface area contributed by atoms with Gasteiger partial charge in [0.15, 0.2) is 0 Å². The Hall–Kier alpha value is -0.640. The van der Waals surface area contributed by atoms with E-state index in [-0.39, 0.29) is 10.2 Å². The SMILES string of the molecule is CC1CCC(CNc2cc(F)c(Br)cc2F)CC1. The van der Waals surface area contributed by atoms with Gasteiger partial charge in [-0.2, -0.15) is 0 Å². The van der Waals surface area contributed by atoms with Gasteiger partial charge in [-0.25, -0.2) is 8.78 Å². The summed E-state index contributed by atoms with van der Waals surface area (Å²) in [6.45, 7) is 3.00. The molecule has 0 amide bonds. The van der Waals surface area contributed by atoms with Crippen molar-refractivity contribution in [3.8, 4) is 0 Å².